The van der Waals surface area contributed by atoms with Crippen molar-refractivity contribution in [3.63, 3.8) is 0 Å². The van der Waals surface area contributed by atoms with Crippen molar-refractivity contribution < 1.29 is 27.8 Å². The molecule has 0 spiro atoms. The molecule has 1 atom stereocenters. The van der Waals surface area contributed by atoms with Crippen LogP contribution in [-0.4, -0.2) is 40.2 Å². The second-order valence-electron chi connectivity index (χ2n) is 5.27. The predicted molar refractivity (Wildman–Crippen MR) is 76.9 cm³/mol. The zero-order valence-electron chi connectivity index (χ0n) is 12.7. The van der Waals surface area contributed by atoms with E-state index in [1.165, 1.54) is 0 Å². The number of nitrogens with zero attached hydrogens (tertiary/aromatic N) is 2. The van der Waals surface area contributed by atoms with Gasteiger partial charge in [0.1, 0.15) is 5.75 Å². The molecule has 0 bridgehead atoms. The number of hydrogen-bond donors (Lipinski definition) is 1. The van der Waals surface area contributed by atoms with Gasteiger partial charge in [-0.05, 0) is 25.0 Å². The van der Waals surface area contributed by atoms with E-state index in [-0.39, 0.29) is 17.1 Å². The summed E-state index contributed by atoms with van der Waals surface area (Å²) in [5.74, 6) is -0.674. The minimum absolute atomic E-state index is 0.0874. The van der Waals surface area contributed by atoms with Gasteiger partial charge in [-0.3, -0.25) is 4.79 Å². The van der Waals surface area contributed by atoms with Crippen LogP contribution in [-0.2, 0) is 4.79 Å². The van der Waals surface area contributed by atoms with Crippen molar-refractivity contribution in [2.24, 2.45) is 5.10 Å². The summed E-state index contributed by atoms with van der Waals surface area (Å²) >= 11 is 0. The Morgan fingerprint density at radius 3 is 2.65 bits per heavy atom. The van der Waals surface area contributed by atoms with Crippen molar-refractivity contribution in [1.29, 1.82) is 0 Å². The number of alkyl halides is 3. The molecule has 126 valence electrons. The molecule has 0 saturated carbocycles. The molecule has 1 heterocycles. The second kappa shape index (κ2) is 6.19. The quantitative estimate of drug-likeness (QED) is 0.923. The summed E-state index contributed by atoms with van der Waals surface area (Å²) in [7, 11) is 0. The average molecular weight is 330 g/mol. The molecule has 5 nitrogen and oxygen atoms in total. The van der Waals surface area contributed by atoms with Crippen molar-refractivity contribution in [2.75, 3.05) is 6.61 Å². The Morgan fingerprint density at radius 2 is 2.09 bits per heavy atom. The van der Waals surface area contributed by atoms with Gasteiger partial charge < -0.3 is 9.84 Å². The minimum atomic E-state index is -5.01. The number of rotatable bonds is 4. The average Bonchev–Trinajstić information content (AvgIpc) is 2.84. The van der Waals surface area contributed by atoms with E-state index >= 15 is 0 Å². The van der Waals surface area contributed by atoms with Gasteiger partial charge in [-0.2, -0.15) is 23.3 Å². The maximum absolute atomic E-state index is 13.1. The first-order chi connectivity index (χ1) is 10.7. The third-order valence-corrected chi connectivity index (χ3v) is 3.59. The molecule has 1 N–H and O–H groups in total. The second-order valence-corrected chi connectivity index (χ2v) is 5.27. The third-order valence-electron chi connectivity index (χ3n) is 3.59. The van der Waals surface area contributed by atoms with E-state index in [1.54, 1.807) is 38.1 Å². The molecule has 0 aromatic heterocycles. The smallest absolute Gasteiger partial charge is 0.438 e. The van der Waals surface area contributed by atoms with Crippen LogP contribution in [0.5, 0.6) is 5.75 Å². The van der Waals surface area contributed by atoms with Gasteiger partial charge in [-0.1, -0.05) is 25.1 Å². The van der Waals surface area contributed by atoms with Crippen molar-refractivity contribution >= 4 is 11.6 Å². The van der Waals surface area contributed by atoms with E-state index in [0.29, 0.717) is 5.75 Å². The van der Waals surface area contributed by atoms with Gasteiger partial charge in [0.25, 0.3) is 11.6 Å². The van der Waals surface area contributed by atoms with E-state index < -0.39 is 30.8 Å². The van der Waals surface area contributed by atoms with Crippen LogP contribution >= 0.6 is 0 Å². The van der Waals surface area contributed by atoms with Crippen LogP contribution in [0.25, 0.3) is 0 Å². The first kappa shape index (κ1) is 17.3. The van der Waals surface area contributed by atoms with Gasteiger partial charge in [0.2, 0.25) is 0 Å². The number of benzene rings is 1. The Bertz CT molecular complexity index is 631. The highest BCUT2D eigenvalue weighted by Gasteiger charge is 2.62. The van der Waals surface area contributed by atoms with Gasteiger partial charge in [0.05, 0.1) is 0 Å². The fourth-order valence-electron chi connectivity index (χ4n) is 2.22. The number of amides is 1. The van der Waals surface area contributed by atoms with Gasteiger partial charge in [0.15, 0.2) is 6.61 Å². The zero-order valence-corrected chi connectivity index (χ0v) is 12.7. The molecule has 0 radical (unpaired) electrons. The Kier molecular flexibility index (Phi) is 4.65. The molecular formula is C15H17F3N2O3. The normalized spacial score (nSPS) is 21.3. The monoisotopic (exact) mass is 330 g/mol. The lowest BCUT2D eigenvalue weighted by molar-refractivity contribution is -0.302. The standard InChI is InChI=1S/C15H17F3N2O3/c1-3-11-8-14(22,15(16,17)18)20(19-11)13(21)9-23-12-7-5-4-6-10(12)2/h4-7,22H,3,8-9H2,1-2H3/t14-/m1/s1. The van der Waals surface area contributed by atoms with Crippen LogP contribution in [0, 0.1) is 6.92 Å². The summed E-state index contributed by atoms with van der Waals surface area (Å²) in [5.41, 5.74) is -2.47. The molecule has 1 aliphatic heterocycles. The first-order valence-corrected chi connectivity index (χ1v) is 7.06. The number of aliphatic hydroxyl groups is 1. The summed E-state index contributed by atoms with van der Waals surface area (Å²) in [5, 5.41) is 13.6. The number of aryl methyl sites for hydroxylation is 1. The number of carbonyl (C=O) groups excluding carboxylic acids is 1. The largest absolute Gasteiger partial charge is 0.483 e. The molecular weight excluding hydrogens is 313 g/mol. The van der Waals surface area contributed by atoms with Crippen LogP contribution in [0.2, 0.25) is 0 Å². The molecule has 0 fully saturated rings. The Hall–Kier alpha value is -2.09. The van der Waals surface area contributed by atoms with Crippen molar-refractivity contribution in [2.45, 2.75) is 38.6 Å². The highest BCUT2D eigenvalue weighted by atomic mass is 19.4. The maximum Gasteiger partial charge on any atom is 0.438 e. The van der Waals surface area contributed by atoms with Gasteiger partial charge in [-0.15, -0.1) is 0 Å². The molecule has 0 unspecified atom stereocenters. The van der Waals surface area contributed by atoms with Crippen LogP contribution < -0.4 is 4.74 Å². The fraction of sp³-hybridized carbons (Fsp3) is 0.467. The summed E-state index contributed by atoms with van der Waals surface area (Å²) in [4.78, 5) is 12.1. The minimum Gasteiger partial charge on any atom is -0.483 e. The van der Waals surface area contributed by atoms with Gasteiger partial charge >= 0.3 is 6.18 Å². The Morgan fingerprint density at radius 1 is 1.43 bits per heavy atom. The lowest BCUT2D eigenvalue weighted by Gasteiger charge is -2.32. The van der Waals surface area contributed by atoms with E-state index in [9.17, 15) is 23.1 Å². The van der Waals surface area contributed by atoms with E-state index in [2.05, 4.69) is 5.10 Å². The number of carbonyl (C=O) groups is 1. The zero-order chi connectivity index (χ0) is 17.3. The molecule has 2 rings (SSSR count). The Balaban J connectivity index is 2.16. The summed E-state index contributed by atoms with van der Waals surface area (Å²) < 4.78 is 44.7. The molecule has 0 saturated heterocycles. The SMILES string of the molecule is CCC1=NN(C(=O)COc2ccccc2C)[C@](O)(C(F)(F)F)C1. The number of hydrazone groups is 1. The maximum atomic E-state index is 13.1. The molecule has 1 aliphatic rings. The molecule has 1 aromatic rings. The summed E-state index contributed by atoms with van der Waals surface area (Å²) in [6, 6.07) is 6.80. The van der Waals surface area contributed by atoms with Crippen LogP contribution in [0.3, 0.4) is 0 Å². The van der Waals surface area contributed by atoms with Crippen LogP contribution in [0.4, 0.5) is 13.2 Å². The van der Waals surface area contributed by atoms with E-state index in [0.717, 1.165) is 5.56 Å². The first-order valence-electron chi connectivity index (χ1n) is 7.06. The van der Waals surface area contributed by atoms with Gasteiger partial charge in [-0.25, -0.2) is 0 Å². The topological polar surface area (TPSA) is 62.1 Å². The number of ether oxygens (including phenoxy) is 1. The summed E-state index contributed by atoms with van der Waals surface area (Å²) in [6.45, 7) is 2.70. The molecule has 1 amide bonds. The van der Waals surface area contributed by atoms with Gasteiger partial charge in [0, 0.05) is 12.1 Å². The lowest BCUT2D eigenvalue weighted by Crippen LogP contribution is -2.57. The summed E-state index contributed by atoms with van der Waals surface area (Å²) in [6.07, 6.45) is -5.55. The number of para-hydroxylation sites is 1. The fourth-order valence-corrected chi connectivity index (χ4v) is 2.22. The lowest BCUT2D eigenvalue weighted by atomic mass is 10.1. The molecule has 0 aliphatic carbocycles. The molecule has 23 heavy (non-hydrogen) atoms. The number of hydrogen-bond acceptors (Lipinski definition) is 4. The van der Waals surface area contributed by atoms with Crippen LogP contribution in [0.15, 0.2) is 29.4 Å². The highest BCUT2D eigenvalue weighted by Crippen LogP contribution is 2.40. The Labute approximate surface area is 131 Å². The predicted octanol–water partition coefficient (Wildman–Crippen LogP) is 2.62. The third kappa shape index (κ3) is 3.31. The highest BCUT2D eigenvalue weighted by molar-refractivity contribution is 5.91. The molecule has 8 heteroatoms. The number of halogens is 3. The molecule has 1 aromatic carbocycles. The van der Waals surface area contributed by atoms with Crippen molar-refractivity contribution in [1.82, 2.24) is 5.01 Å². The van der Waals surface area contributed by atoms with E-state index in [1.807, 2.05) is 0 Å². The van der Waals surface area contributed by atoms with Crippen molar-refractivity contribution in [3.05, 3.63) is 29.8 Å². The van der Waals surface area contributed by atoms with Crippen molar-refractivity contribution in [3.8, 4) is 5.75 Å². The van der Waals surface area contributed by atoms with E-state index in [4.69, 9.17) is 4.74 Å². The van der Waals surface area contributed by atoms with Crippen LogP contribution in [0.1, 0.15) is 25.3 Å².